The molecule has 0 aromatic carbocycles. The summed E-state index contributed by atoms with van der Waals surface area (Å²) in [6.07, 6.45) is 4.63. The number of anilines is 1. The number of hydrogen-bond acceptors (Lipinski definition) is 9. The second-order valence-electron chi connectivity index (χ2n) is 6.53. The Hall–Kier alpha value is -1.62. The molecule has 2 aromatic heterocycles. The number of nitrogens with zero attached hydrogens (tertiary/aromatic N) is 3. The van der Waals surface area contributed by atoms with Crippen LogP contribution in [0, 0.1) is 0 Å². The van der Waals surface area contributed by atoms with Crippen molar-refractivity contribution in [2.24, 2.45) is 5.73 Å². The van der Waals surface area contributed by atoms with Crippen LogP contribution in [0.5, 0.6) is 0 Å². The van der Waals surface area contributed by atoms with Crippen molar-refractivity contribution in [2.45, 2.75) is 38.8 Å². The summed E-state index contributed by atoms with van der Waals surface area (Å²) in [5, 5.41) is 6.43. The normalized spacial score (nSPS) is 13.8. The Morgan fingerprint density at radius 2 is 2.14 bits per heavy atom. The first-order valence-corrected chi connectivity index (χ1v) is 10.9. The molecule has 0 aliphatic rings. The van der Waals surface area contributed by atoms with Gasteiger partial charge in [-0.05, 0) is 45.8 Å². The molecule has 158 valence electrons. The van der Waals surface area contributed by atoms with Crippen molar-refractivity contribution >= 4 is 25.4 Å². The Morgan fingerprint density at radius 1 is 1.36 bits per heavy atom. The van der Waals surface area contributed by atoms with E-state index in [-0.39, 0.29) is 29.5 Å². The van der Waals surface area contributed by atoms with Crippen molar-refractivity contribution in [2.75, 3.05) is 38.3 Å². The summed E-state index contributed by atoms with van der Waals surface area (Å²) in [6, 6.07) is 0. The zero-order chi connectivity index (χ0) is 20.4. The summed E-state index contributed by atoms with van der Waals surface area (Å²) >= 11 is 0. The molecule has 0 spiro atoms. The predicted octanol–water partition coefficient (Wildman–Crippen LogP) is -0.323. The summed E-state index contributed by atoms with van der Waals surface area (Å²) in [5.74, 6) is 0.0461. The molecule has 2 unspecified atom stereocenters. The van der Waals surface area contributed by atoms with Crippen LogP contribution in [-0.2, 0) is 11.3 Å². The minimum absolute atomic E-state index is 0.0461. The molecule has 0 fully saturated rings. The van der Waals surface area contributed by atoms with Crippen molar-refractivity contribution in [3.63, 3.8) is 0 Å². The number of nitrogens with one attached hydrogen (secondary N) is 3. The van der Waals surface area contributed by atoms with E-state index in [1.165, 1.54) is 6.33 Å². The SMILES string of the molecule is CC(Cn1cnc2c(=O)[nH]c(N)nc21)OCP(O)NCCCNCCCCN. The van der Waals surface area contributed by atoms with Gasteiger partial charge >= 0.3 is 0 Å². The minimum Gasteiger partial charge on any atom is -0.369 e. The molecule has 0 saturated carbocycles. The Morgan fingerprint density at radius 3 is 2.93 bits per heavy atom. The number of rotatable bonds is 14. The molecule has 0 aliphatic heterocycles. The number of imidazole rings is 1. The molecular weight excluding hydrogens is 383 g/mol. The van der Waals surface area contributed by atoms with E-state index in [9.17, 15) is 9.69 Å². The van der Waals surface area contributed by atoms with E-state index in [4.69, 9.17) is 16.2 Å². The van der Waals surface area contributed by atoms with Crippen LogP contribution in [0.2, 0.25) is 0 Å². The zero-order valence-electron chi connectivity index (χ0n) is 16.2. The van der Waals surface area contributed by atoms with Crippen molar-refractivity contribution in [1.82, 2.24) is 29.9 Å². The number of aromatic amines is 1. The first-order chi connectivity index (χ1) is 13.5. The topological polar surface area (TPSA) is 169 Å². The number of fused-ring (bicyclic) bond motifs is 1. The molecule has 0 bridgehead atoms. The summed E-state index contributed by atoms with van der Waals surface area (Å²) in [6.45, 7) is 5.67. The number of unbranched alkanes of at least 4 members (excludes halogenated alkanes) is 1. The molecule has 2 rings (SSSR count). The number of ether oxygens (including phenoxy) is 1. The highest BCUT2D eigenvalue weighted by molar-refractivity contribution is 7.49. The van der Waals surface area contributed by atoms with E-state index < -0.39 is 8.30 Å². The van der Waals surface area contributed by atoms with Crippen LogP contribution in [0.1, 0.15) is 26.2 Å². The van der Waals surface area contributed by atoms with Crippen LogP contribution in [0.25, 0.3) is 11.2 Å². The third kappa shape index (κ3) is 7.42. The van der Waals surface area contributed by atoms with Crippen LogP contribution < -0.4 is 27.4 Å². The third-order valence-electron chi connectivity index (χ3n) is 4.06. The lowest BCUT2D eigenvalue weighted by Crippen LogP contribution is -2.23. The monoisotopic (exact) mass is 414 g/mol. The lowest BCUT2D eigenvalue weighted by Gasteiger charge is -2.17. The summed E-state index contributed by atoms with van der Waals surface area (Å²) in [5.41, 5.74) is 11.3. The van der Waals surface area contributed by atoms with E-state index in [0.29, 0.717) is 12.2 Å². The summed E-state index contributed by atoms with van der Waals surface area (Å²) in [7, 11) is -1.38. The van der Waals surface area contributed by atoms with Gasteiger partial charge in [-0.25, -0.2) is 4.98 Å². The highest BCUT2D eigenvalue weighted by Gasteiger charge is 2.13. The van der Waals surface area contributed by atoms with Gasteiger partial charge in [-0.3, -0.25) is 14.9 Å². The molecule has 0 aliphatic carbocycles. The molecule has 11 nitrogen and oxygen atoms in total. The van der Waals surface area contributed by atoms with Crippen molar-refractivity contribution in [3.8, 4) is 0 Å². The van der Waals surface area contributed by atoms with Crippen molar-refractivity contribution in [3.05, 3.63) is 16.7 Å². The molecule has 12 heteroatoms. The van der Waals surface area contributed by atoms with Crippen LogP contribution in [0.15, 0.2) is 11.1 Å². The minimum atomic E-state index is -1.38. The molecule has 0 radical (unpaired) electrons. The maximum absolute atomic E-state index is 11.8. The van der Waals surface area contributed by atoms with Crippen LogP contribution in [0.3, 0.4) is 0 Å². The smallest absolute Gasteiger partial charge is 0.280 e. The maximum Gasteiger partial charge on any atom is 0.280 e. The maximum atomic E-state index is 11.8. The summed E-state index contributed by atoms with van der Waals surface area (Å²) < 4.78 is 7.42. The van der Waals surface area contributed by atoms with Crippen LogP contribution >= 0.6 is 8.30 Å². The Kier molecular flexibility index (Phi) is 9.76. The van der Waals surface area contributed by atoms with Gasteiger partial charge in [-0.2, -0.15) is 4.98 Å². The molecule has 2 atom stereocenters. The number of nitrogens with two attached hydrogens (primary N) is 2. The number of nitrogen functional groups attached to an aromatic ring is 1. The van der Waals surface area contributed by atoms with Gasteiger partial charge in [0, 0.05) is 6.54 Å². The molecule has 8 N–H and O–H groups in total. The van der Waals surface area contributed by atoms with E-state index in [1.54, 1.807) is 4.57 Å². The van der Waals surface area contributed by atoms with Crippen LogP contribution in [-0.4, -0.2) is 63.0 Å². The second kappa shape index (κ2) is 12.1. The van der Waals surface area contributed by atoms with E-state index in [2.05, 4.69) is 25.4 Å². The van der Waals surface area contributed by atoms with Gasteiger partial charge in [-0.1, -0.05) is 0 Å². The number of H-pyrrole nitrogens is 1. The van der Waals surface area contributed by atoms with E-state index in [0.717, 1.165) is 45.4 Å². The standard InChI is InChI=1S/C16H31N8O3P/c1-12(9-24-10-20-13-14(24)22-16(18)23-15(13)25)27-11-28(26)21-8-4-7-19-6-3-2-5-17/h10,12,19,21,26H,2-9,11,17H2,1H3,(H3,18,22,23,25). The molecule has 2 heterocycles. The van der Waals surface area contributed by atoms with Gasteiger partial charge < -0.3 is 31.0 Å². The van der Waals surface area contributed by atoms with Gasteiger partial charge in [0.2, 0.25) is 5.95 Å². The lowest BCUT2D eigenvalue weighted by molar-refractivity contribution is 0.0857. The average molecular weight is 414 g/mol. The van der Waals surface area contributed by atoms with Crippen molar-refractivity contribution < 1.29 is 9.63 Å². The fourth-order valence-electron chi connectivity index (χ4n) is 2.62. The van der Waals surface area contributed by atoms with E-state index >= 15 is 0 Å². The molecule has 0 saturated heterocycles. The van der Waals surface area contributed by atoms with Gasteiger partial charge in [0.05, 0.1) is 19.0 Å². The molecule has 2 aromatic rings. The molecular formula is C16H31N8O3P. The zero-order valence-corrected chi connectivity index (χ0v) is 17.1. The Balaban J connectivity index is 1.64. The predicted molar refractivity (Wildman–Crippen MR) is 111 cm³/mol. The lowest BCUT2D eigenvalue weighted by atomic mass is 10.3. The Bertz CT molecular complexity index is 768. The highest BCUT2D eigenvalue weighted by atomic mass is 31.2. The fourth-order valence-corrected chi connectivity index (χ4v) is 3.52. The van der Waals surface area contributed by atoms with Gasteiger partial charge in [0.15, 0.2) is 11.2 Å². The first-order valence-electron chi connectivity index (χ1n) is 9.44. The number of hydrogen-bond donors (Lipinski definition) is 6. The number of aromatic nitrogens is 4. The summed E-state index contributed by atoms with van der Waals surface area (Å²) in [4.78, 5) is 32.4. The van der Waals surface area contributed by atoms with E-state index in [1.807, 2.05) is 6.92 Å². The molecule has 28 heavy (non-hydrogen) atoms. The third-order valence-corrected chi connectivity index (χ3v) is 5.04. The fraction of sp³-hybridized carbons (Fsp3) is 0.688. The van der Waals surface area contributed by atoms with Gasteiger partial charge in [0.1, 0.15) is 14.6 Å². The van der Waals surface area contributed by atoms with Crippen LogP contribution in [0.4, 0.5) is 5.95 Å². The van der Waals surface area contributed by atoms with Gasteiger partial charge in [0.25, 0.3) is 5.56 Å². The largest absolute Gasteiger partial charge is 0.369 e. The Labute approximate surface area is 165 Å². The quantitative estimate of drug-likeness (QED) is 0.179. The van der Waals surface area contributed by atoms with Crippen molar-refractivity contribution in [1.29, 1.82) is 0 Å². The molecule has 0 amide bonds. The average Bonchev–Trinajstić information content (AvgIpc) is 3.05. The highest BCUT2D eigenvalue weighted by Crippen LogP contribution is 2.24. The van der Waals surface area contributed by atoms with Gasteiger partial charge in [-0.15, -0.1) is 0 Å². The second-order valence-corrected chi connectivity index (χ2v) is 7.91. The first kappa shape index (κ1) is 22.7.